The van der Waals surface area contributed by atoms with E-state index in [1.807, 2.05) is 19.1 Å². The first-order chi connectivity index (χ1) is 19.8. The number of benzene rings is 4. The fourth-order valence-electron chi connectivity index (χ4n) is 3.89. The Morgan fingerprint density at radius 3 is 2.20 bits per heavy atom. The number of amides is 1. The molecule has 0 aliphatic rings. The van der Waals surface area contributed by atoms with Crippen LogP contribution < -0.4 is 19.5 Å². The third-order valence-corrected chi connectivity index (χ3v) is 5.73. The van der Waals surface area contributed by atoms with Crippen LogP contribution >= 0.6 is 0 Å². The van der Waals surface area contributed by atoms with Crippen LogP contribution in [0.25, 0.3) is 17.1 Å². The van der Waals surface area contributed by atoms with Gasteiger partial charge in [-0.3, -0.25) is 4.79 Å². The quantitative estimate of drug-likeness (QED) is 0.204. The lowest BCUT2D eigenvalue weighted by molar-refractivity contribution is -0.274. The maximum Gasteiger partial charge on any atom is 0.573 e. The van der Waals surface area contributed by atoms with Crippen LogP contribution in [-0.2, 0) is 0 Å². The van der Waals surface area contributed by atoms with Crippen molar-refractivity contribution in [1.29, 1.82) is 0 Å². The molecule has 0 spiro atoms. The summed E-state index contributed by atoms with van der Waals surface area (Å²) in [7, 11) is 0. The van der Waals surface area contributed by atoms with Gasteiger partial charge in [0.05, 0.1) is 17.9 Å². The van der Waals surface area contributed by atoms with Gasteiger partial charge < -0.3 is 19.5 Å². The third kappa shape index (κ3) is 6.82. The van der Waals surface area contributed by atoms with Crippen molar-refractivity contribution in [3.8, 4) is 40.1 Å². The molecule has 208 valence electrons. The van der Waals surface area contributed by atoms with Gasteiger partial charge in [-0.2, -0.15) is 0 Å². The van der Waals surface area contributed by atoms with E-state index >= 15 is 0 Å². The molecule has 1 heterocycles. The van der Waals surface area contributed by atoms with Crippen LogP contribution in [0.4, 0.5) is 18.9 Å². The molecule has 1 amide bonds. The highest BCUT2D eigenvalue weighted by molar-refractivity contribution is 6.06. The number of nitrogens with one attached hydrogen (secondary N) is 1. The normalized spacial score (nSPS) is 11.1. The zero-order valence-corrected chi connectivity index (χ0v) is 21.6. The van der Waals surface area contributed by atoms with Gasteiger partial charge in [0.2, 0.25) is 0 Å². The van der Waals surface area contributed by atoms with E-state index in [0.717, 1.165) is 0 Å². The number of aromatic nitrogens is 3. The van der Waals surface area contributed by atoms with Gasteiger partial charge >= 0.3 is 6.36 Å². The van der Waals surface area contributed by atoms with E-state index in [-0.39, 0.29) is 11.7 Å². The number of carbonyl (C=O) groups is 1. The second kappa shape index (κ2) is 11.8. The predicted molar refractivity (Wildman–Crippen MR) is 146 cm³/mol. The second-order valence-corrected chi connectivity index (χ2v) is 8.56. The molecule has 0 aliphatic heterocycles. The molecule has 0 saturated carbocycles. The van der Waals surface area contributed by atoms with Crippen molar-refractivity contribution in [3.63, 3.8) is 0 Å². The zero-order valence-electron chi connectivity index (χ0n) is 21.6. The van der Waals surface area contributed by atoms with Gasteiger partial charge in [0.25, 0.3) is 5.91 Å². The lowest BCUT2D eigenvalue weighted by atomic mass is 10.1. The van der Waals surface area contributed by atoms with Gasteiger partial charge in [-0.1, -0.05) is 24.3 Å². The van der Waals surface area contributed by atoms with E-state index in [2.05, 4.69) is 20.1 Å². The summed E-state index contributed by atoms with van der Waals surface area (Å²) in [5.74, 6) is 1.15. The molecule has 0 bridgehead atoms. The van der Waals surface area contributed by atoms with Crippen molar-refractivity contribution in [2.45, 2.75) is 13.3 Å². The smallest absolute Gasteiger partial charge is 0.490 e. The molecule has 1 aromatic heterocycles. The topological polar surface area (TPSA) is 87.5 Å². The predicted octanol–water partition coefficient (Wildman–Crippen LogP) is 7.28. The van der Waals surface area contributed by atoms with Crippen LogP contribution in [0.3, 0.4) is 0 Å². The third-order valence-electron chi connectivity index (χ3n) is 5.73. The minimum Gasteiger partial charge on any atom is -0.490 e. The summed E-state index contributed by atoms with van der Waals surface area (Å²) in [5.41, 5.74) is 2.07. The summed E-state index contributed by atoms with van der Waals surface area (Å²) < 4.78 is 54.2. The molecule has 1 N–H and O–H groups in total. The summed E-state index contributed by atoms with van der Waals surface area (Å²) in [4.78, 5) is 17.4. The SMILES string of the molecule is CCOc1ccccc1Oc1ccccc1C(=O)Nc1ccc(-c2ncn(-c3ccc(OC(F)(F)F)cc3)n2)cc1. The molecule has 0 fully saturated rings. The van der Waals surface area contributed by atoms with Crippen molar-refractivity contribution in [2.24, 2.45) is 0 Å². The summed E-state index contributed by atoms with van der Waals surface area (Å²) in [5, 5.41) is 7.26. The zero-order chi connectivity index (χ0) is 28.8. The number of hydrogen-bond acceptors (Lipinski definition) is 6. The first-order valence-corrected chi connectivity index (χ1v) is 12.5. The van der Waals surface area contributed by atoms with Gasteiger partial charge in [0.15, 0.2) is 17.3 Å². The molecule has 41 heavy (non-hydrogen) atoms. The van der Waals surface area contributed by atoms with Crippen LogP contribution in [0.2, 0.25) is 0 Å². The van der Waals surface area contributed by atoms with E-state index in [1.54, 1.807) is 60.7 Å². The van der Waals surface area contributed by atoms with Gasteiger partial charge in [-0.05, 0) is 79.7 Å². The Hall–Kier alpha value is -5.32. The first-order valence-electron chi connectivity index (χ1n) is 12.5. The van der Waals surface area contributed by atoms with Crippen LogP contribution in [0.1, 0.15) is 17.3 Å². The maximum atomic E-state index is 13.1. The van der Waals surface area contributed by atoms with E-state index in [1.165, 1.54) is 35.3 Å². The second-order valence-electron chi connectivity index (χ2n) is 8.56. The Morgan fingerprint density at radius 2 is 1.51 bits per heavy atom. The monoisotopic (exact) mass is 560 g/mol. The van der Waals surface area contributed by atoms with Crippen molar-refractivity contribution in [2.75, 3.05) is 11.9 Å². The Kier molecular flexibility index (Phi) is 7.86. The molecule has 0 aliphatic carbocycles. The van der Waals surface area contributed by atoms with Crippen molar-refractivity contribution >= 4 is 11.6 Å². The molecule has 5 aromatic rings. The number of ether oxygens (including phenoxy) is 3. The number of hydrogen-bond donors (Lipinski definition) is 1. The lowest BCUT2D eigenvalue weighted by Gasteiger charge is -2.14. The fraction of sp³-hybridized carbons (Fsp3) is 0.100. The van der Waals surface area contributed by atoms with Crippen LogP contribution in [0.15, 0.2) is 103 Å². The Bertz CT molecular complexity index is 1640. The molecule has 0 saturated heterocycles. The Morgan fingerprint density at radius 1 is 0.854 bits per heavy atom. The van der Waals surface area contributed by atoms with Crippen molar-refractivity contribution < 1.29 is 32.2 Å². The number of para-hydroxylation sites is 3. The molecule has 8 nitrogen and oxygen atoms in total. The average Bonchev–Trinajstić information content (AvgIpc) is 3.45. The van der Waals surface area contributed by atoms with Gasteiger partial charge in [-0.15, -0.1) is 18.3 Å². The highest BCUT2D eigenvalue weighted by atomic mass is 19.4. The number of alkyl halides is 3. The number of halogens is 3. The van der Waals surface area contributed by atoms with Crippen molar-refractivity contribution in [3.05, 3.63) is 109 Å². The number of carbonyl (C=O) groups excluding carboxylic acids is 1. The van der Waals surface area contributed by atoms with E-state index in [9.17, 15) is 18.0 Å². The Labute approximate surface area is 232 Å². The van der Waals surface area contributed by atoms with E-state index in [0.29, 0.717) is 52.2 Å². The molecule has 4 aromatic carbocycles. The number of rotatable bonds is 9. The van der Waals surface area contributed by atoms with Crippen LogP contribution in [0.5, 0.6) is 23.0 Å². The van der Waals surface area contributed by atoms with Crippen LogP contribution in [0, 0.1) is 0 Å². The minimum atomic E-state index is -4.76. The Balaban J connectivity index is 1.27. The van der Waals surface area contributed by atoms with Gasteiger partial charge in [0.1, 0.15) is 17.8 Å². The summed E-state index contributed by atoms with van der Waals surface area (Å²) >= 11 is 0. The fourth-order valence-corrected chi connectivity index (χ4v) is 3.89. The molecule has 0 unspecified atom stereocenters. The minimum absolute atomic E-state index is 0.330. The largest absolute Gasteiger partial charge is 0.573 e. The summed E-state index contributed by atoms with van der Waals surface area (Å²) in [6, 6.07) is 26.3. The van der Waals surface area contributed by atoms with Crippen molar-refractivity contribution in [1.82, 2.24) is 14.8 Å². The highest BCUT2D eigenvalue weighted by Crippen LogP contribution is 2.33. The van der Waals surface area contributed by atoms with Gasteiger partial charge in [0, 0.05) is 11.3 Å². The standard InChI is InChI=1S/C30H23F3N4O4/c1-2-39-26-9-5-6-10-27(26)40-25-8-4-3-7-24(25)29(38)35-21-13-11-20(12-14-21)28-34-19-37(36-28)22-15-17-23(18-16-22)41-30(31,32)33/h3-19H,2H2,1H3,(H,35,38). The highest BCUT2D eigenvalue weighted by Gasteiger charge is 2.31. The molecule has 0 radical (unpaired) electrons. The summed E-state index contributed by atoms with van der Waals surface area (Å²) in [6.07, 6.45) is -3.31. The maximum absolute atomic E-state index is 13.1. The average molecular weight is 561 g/mol. The molecule has 5 rings (SSSR count). The van der Waals surface area contributed by atoms with Gasteiger partial charge in [-0.25, -0.2) is 9.67 Å². The van der Waals surface area contributed by atoms with Crippen LogP contribution in [-0.4, -0.2) is 33.6 Å². The molecule has 0 atom stereocenters. The first kappa shape index (κ1) is 27.3. The molecular weight excluding hydrogens is 537 g/mol. The summed E-state index contributed by atoms with van der Waals surface area (Å²) in [6.45, 7) is 2.35. The molecule has 11 heteroatoms. The molecular formula is C30H23F3N4O4. The van der Waals surface area contributed by atoms with E-state index < -0.39 is 6.36 Å². The lowest BCUT2D eigenvalue weighted by Crippen LogP contribution is -2.17. The number of nitrogens with zero attached hydrogens (tertiary/aromatic N) is 3. The van der Waals surface area contributed by atoms with E-state index in [4.69, 9.17) is 9.47 Å². The number of anilines is 1.